The number of amides is 1. The molecule has 1 aliphatic heterocycles. The van der Waals surface area contributed by atoms with E-state index < -0.39 is 0 Å². The molecular weight excluding hydrogens is 374 g/mol. The van der Waals surface area contributed by atoms with Crippen molar-refractivity contribution in [2.45, 2.75) is 20.4 Å². The number of hydrogen-bond donors (Lipinski definition) is 0. The Morgan fingerprint density at radius 3 is 2.54 bits per heavy atom. The van der Waals surface area contributed by atoms with E-state index in [9.17, 15) is 9.59 Å². The van der Waals surface area contributed by atoms with Crippen molar-refractivity contribution >= 4 is 27.5 Å². The Bertz CT molecular complexity index is 1050. The summed E-state index contributed by atoms with van der Waals surface area (Å²) in [5, 5.41) is 5.18. The Morgan fingerprint density at radius 2 is 1.86 bits per heavy atom. The molecule has 0 radical (unpaired) electrons. The zero-order valence-electron chi connectivity index (χ0n) is 16.1. The number of benzene rings is 1. The van der Waals surface area contributed by atoms with E-state index >= 15 is 0 Å². The molecule has 1 fully saturated rings. The average Bonchev–Trinajstić information content (AvgIpc) is 3.19. The van der Waals surface area contributed by atoms with E-state index in [0.717, 1.165) is 40.6 Å². The smallest absolute Gasteiger partial charge is 0.294 e. The predicted octanol–water partition coefficient (Wildman–Crippen LogP) is 1.99. The van der Waals surface area contributed by atoms with Crippen LogP contribution in [0.2, 0.25) is 0 Å². The van der Waals surface area contributed by atoms with Gasteiger partial charge >= 0.3 is 0 Å². The van der Waals surface area contributed by atoms with Crippen LogP contribution < -0.4 is 5.56 Å². The third kappa shape index (κ3) is 3.57. The monoisotopic (exact) mass is 397 g/mol. The van der Waals surface area contributed by atoms with Crippen LogP contribution in [0.3, 0.4) is 0 Å². The molecule has 0 atom stereocenters. The first kappa shape index (κ1) is 18.8. The van der Waals surface area contributed by atoms with Crippen LogP contribution in [-0.2, 0) is 11.3 Å². The summed E-state index contributed by atoms with van der Waals surface area (Å²) in [6, 6.07) is 9.78. The number of fused-ring (bicyclic) bond motifs is 1. The SMILES string of the molecule is CCN1CCN(C(=O)Cn2nc(C)c3sc(-c4ccccc4)nc3c2=O)CC1. The van der Waals surface area contributed by atoms with Crippen LogP contribution in [0.15, 0.2) is 35.1 Å². The van der Waals surface area contributed by atoms with E-state index in [1.807, 2.05) is 42.2 Å². The minimum absolute atomic E-state index is 0.0417. The van der Waals surface area contributed by atoms with Crippen molar-refractivity contribution in [3.8, 4) is 10.6 Å². The van der Waals surface area contributed by atoms with Gasteiger partial charge in [0.1, 0.15) is 11.6 Å². The van der Waals surface area contributed by atoms with Crippen molar-refractivity contribution in [2.75, 3.05) is 32.7 Å². The largest absolute Gasteiger partial charge is 0.339 e. The molecule has 3 heterocycles. The van der Waals surface area contributed by atoms with Crippen LogP contribution in [0, 0.1) is 6.92 Å². The average molecular weight is 398 g/mol. The van der Waals surface area contributed by atoms with Crippen molar-refractivity contribution in [1.29, 1.82) is 0 Å². The van der Waals surface area contributed by atoms with Gasteiger partial charge in [-0.2, -0.15) is 5.10 Å². The van der Waals surface area contributed by atoms with Gasteiger partial charge in [-0.05, 0) is 13.5 Å². The highest BCUT2D eigenvalue weighted by Crippen LogP contribution is 2.29. The first-order valence-electron chi connectivity index (χ1n) is 9.50. The Labute approximate surface area is 167 Å². The van der Waals surface area contributed by atoms with Crippen molar-refractivity contribution in [1.82, 2.24) is 24.6 Å². The van der Waals surface area contributed by atoms with Crippen LogP contribution in [0.25, 0.3) is 20.8 Å². The highest BCUT2D eigenvalue weighted by Gasteiger charge is 2.22. The van der Waals surface area contributed by atoms with Crippen molar-refractivity contribution in [2.24, 2.45) is 0 Å². The molecule has 0 aliphatic carbocycles. The number of aryl methyl sites for hydroxylation is 1. The lowest BCUT2D eigenvalue weighted by Gasteiger charge is -2.34. The molecule has 8 heteroatoms. The molecule has 0 bridgehead atoms. The fourth-order valence-corrected chi connectivity index (χ4v) is 4.46. The van der Waals surface area contributed by atoms with E-state index in [2.05, 4.69) is 21.9 Å². The summed E-state index contributed by atoms with van der Waals surface area (Å²) >= 11 is 1.46. The van der Waals surface area contributed by atoms with Crippen molar-refractivity contribution < 1.29 is 4.79 Å². The van der Waals surface area contributed by atoms with E-state index in [1.54, 1.807) is 0 Å². The number of thiazole rings is 1. The highest BCUT2D eigenvalue weighted by atomic mass is 32.1. The molecule has 0 N–H and O–H groups in total. The predicted molar refractivity (Wildman–Crippen MR) is 111 cm³/mol. The van der Waals surface area contributed by atoms with Gasteiger partial charge in [-0.15, -0.1) is 11.3 Å². The van der Waals surface area contributed by atoms with Crippen LogP contribution in [-0.4, -0.2) is 63.2 Å². The second-order valence-electron chi connectivity index (χ2n) is 6.93. The fourth-order valence-electron chi connectivity index (χ4n) is 3.46. The van der Waals surface area contributed by atoms with E-state index in [0.29, 0.717) is 18.6 Å². The molecule has 1 aromatic carbocycles. The lowest BCUT2D eigenvalue weighted by molar-refractivity contribution is -0.133. The molecule has 1 saturated heterocycles. The number of rotatable bonds is 4. The molecular formula is C20H23N5O2S. The number of carbonyl (C=O) groups is 1. The molecule has 1 aliphatic rings. The summed E-state index contributed by atoms with van der Waals surface area (Å²) < 4.78 is 2.05. The lowest BCUT2D eigenvalue weighted by atomic mass is 10.2. The minimum Gasteiger partial charge on any atom is -0.339 e. The molecule has 0 saturated carbocycles. The van der Waals surface area contributed by atoms with E-state index in [4.69, 9.17) is 0 Å². The van der Waals surface area contributed by atoms with Crippen molar-refractivity contribution in [3.05, 3.63) is 46.4 Å². The Morgan fingerprint density at radius 1 is 1.14 bits per heavy atom. The van der Waals surface area contributed by atoms with Gasteiger partial charge in [0, 0.05) is 31.7 Å². The normalized spacial score (nSPS) is 15.3. The first-order chi connectivity index (χ1) is 13.6. The summed E-state index contributed by atoms with van der Waals surface area (Å²) in [5.74, 6) is -0.0670. The minimum atomic E-state index is -0.306. The molecule has 1 amide bonds. The number of aromatic nitrogens is 3. The number of nitrogens with zero attached hydrogens (tertiary/aromatic N) is 5. The lowest BCUT2D eigenvalue weighted by Crippen LogP contribution is -2.50. The molecule has 4 rings (SSSR count). The maximum atomic E-state index is 12.9. The Balaban J connectivity index is 1.61. The first-order valence-corrected chi connectivity index (χ1v) is 10.3. The molecule has 3 aromatic rings. The maximum Gasteiger partial charge on any atom is 0.294 e. The zero-order chi connectivity index (χ0) is 19.7. The summed E-state index contributed by atoms with van der Waals surface area (Å²) in [5.41, 5.74) is 1.77. The molecule has 146 valence electrons. The van der Waals surface area contributed by atoms with Gasteiger partial charge < -0.3 is 9.80 Å². The number of hydrogen-bond acceptors (Lipinski definition) is 6. The topological polar surface area (TPSA) is 71.3 Å². The van der Waals surface area contributed by atoms with E-state index in [1.165, 1.54) is 16.0 Å². The molecule has 7 nitrogen and oxygen atoms in total. The Hall–Kier alpha value is -2.58. The third-order valence-electron chi connectivity index (χ3n) is 5.14. The number of carbonyl (C=O) groups excluding carboxylic acids is 1. The fraction of sp³-hybridized carbons (Fsp3) is 0.400. The van der Waals surface area contributed by atoms with Crippen LogP contribution >= 0.6 is 11.3 Å². The van der Waals surface area contributed by atoms with Gasteiger partial charge in [-0.25, -0.2) is 9.67 Å². The van der Waals surface area contributed by atoms with Crippen molar-refractivity contribution in [3.63, 3.8) is 0 Å². The summed E-state index contributed by atoms with van der Waals surface area (Å²) in [6.07, 6.45) is 0. The van der Waals surface area contributed by atoms with Gasteiger partial charge in [0.25, 0.3) is 5.56 Å². The standard InChI is InChI=1S/C20H23N5O2S/c1-3-23-9-11-24(12-10-23)16(26)13-25-20(27)17-18(14(2)22-25)28-19(21-17)15-7-5-4-6-8-15/h4-8H,3,9-13H2,1-2H3. The van der Waals surface area contributed by atoms with Gasteiger partial charge in [0.2, 0.25) is 5.91 Å². The van der Waals surface area contributed by atoms with Crippen LogP contribution in [0.1, 0.15) is 12.6 Å². The van der Waals surface area contributed by atoms with Gasteiger partial charge in [0.15, 0.2) is 5.52 Å². The molecule has 0 spiro atoms. The Kier molecular flexibility index (Phi) is 5.23. The quantitative estimate of drug-likeness (QED) is 0.673. The van der Waals surface area contributed by atoms with Gasteiger partial charge in [-0.3, -0.25) is 9.59 Å². The van der Waals surface area contributed by atoms with Gasteiger partial charge in [-0.1, -0.05) is 37.3 Å². The highest BCUT2D eigenvalue weighted by molar-refractivity contribution is 7.21. The second kappa shape index (κ2) is 7.81. The number of piperazine rings is 1. The van der Waals surface area contributed by atoms with E-state index in [-0.39, 0.29) is 18.0 Å². The van der Waals surface area contributed by atoms with Crippen LogP contribution in [0.4, 0.5) is 0 Å². The number of likely N-dealkylation sites (N-methyl/N-ethyl adjacent to an activating group) is 1. The summed E-state index contributed by atoms with van der Waals surface area (Å²) in [6.45, 7) is 8.05. The third-order valence-corrected chi connectivity index (χ3v) is 6.35. The summed E-state index contributed by atoms with van der Waals surface area (Å²) in [4.78, 5) is 34.3. The van der Waals surface area contributed by atoms with Crippen LogP contribution in [0.5, 0.6) is 0 Å². The molecule has 0 unspecified atom stereocenters. The van der Waals surface area contributed by atoms with Gasteiger partial charge in [0.05, 0.1) is 10.4 Å². The second-order valence-corrected chi connectivity index (χ2v) is 7.93. The molecule has 2 aromatic heterocycles. The molecule has 28 heavy (non-hydrogen) atoms. The summed E-state index contributed by atoms with van der Waals surface area (Å²) in [7, 11) is 0. The maximum absolute atomic E-state index is 12.9. The zero-order valence-corrected chi connectivity index (χ0v) is 16.9.